The van der Waals surface area contributed by atoms with E-state index in [0.717, 1.165) is 54.6 Å². The van der Waals surface area contributed by atoms with Gasteiger partial charge in [0.2, 0.25) is 0 Å². The number of H-pyrrole nitrogens is 1. The zero-order chi connectivity index (χ0) is 17.6. The fourth-order valence-corrected chi connectivity index (χ4v) is 3.45. The largest absolute Gasteiger partial charge is 0.494 e. The predicted octanol–water partition coefficient (Wildman–Crippen LogP) is 3.25. The zero-order valence-corrected chi connectivity index (χ0v) is 15.1. The first-order valence-electron chi connectivity index (χ1n) is 9.23. The molecule has 0 radical (unpaired) electrons. The van der Waals surface area contributed by atoms with Gasteiger partial charge < -0.3 is 9.64 Å². The molecule has 1 atom stereocenters. The second kappa shape index (κ2) is 8.30. The smallest absolute Gasteiger partial charge is 0.264 e. The number of benzene rings is 1. The Kier molecular flexibility index (Phi) is 5.87. The Labute approximate surface area is 149 Å². The van der Waals surface area contributed by atoms with Gasteiger partial charge in [-0.1, -0.05) is 6.92 Å². The van der Waals surface area contributed by atoms with Gasteiger partial charge in [-0.05, 0) is 69.0 Å². The van der Waals surface area contributed by atoms with Crippen molar-refractivity contribution in [2.75, 3.05) is 19.7 Å². The highest BCUT2D eigenvalue weighted by Crippen LogP contribution is 2.23. The van der Waals surface area contributed by atoms with Crippen LogP contribution < -0.4 is 10.3 Å². The van der Waals surface area contributed by atoms with Crippen LogP contribution in [0.4, 0.5) is 0 Å². The van der Waals surface area contributed by atoms with E-state index in [-0.39, 0.29) is 5.56 Å². The van der Waals surface area contributed by atoms with E-state index in [0.29, 0.717) is 0 Å². The van der Waals surface area contributed by atoms with Gasteiger partial charge in [0.25, 0.3) is 5.56 Å². The Morgan fingerprint density at radius 2 is 2.12 bits per heavy atom. The minimum Gasteiger partial charge on any atom is -0.494 e. The van der Waals surface area contributed by atoms with Crippen molar-refractivity contribution < 1.29 is 4.74 Å². The number of aromatic nitrogens is 2. The molecule has 1 saturated heterocycles. The van der Waals surface area contributed by atoms with Gasteiger partial charge in [0.05, 0.1) is 12.3 Å². The third kappa shape index (κ3) is 4.48. The van der Waals surface area contributed by atoms with Gasteiger partial charge >= 0.3 is 0 Å². The number of nitrogens with one attached hydrogen (secondary N) is 1. The van der Waals surface area contributed by atoms with Crippen molar-refractivity contribution in [1.29, 1.82) is 0 Å². The lowest BCUT2D eigenvalue weighted by atomic mass is 10.0. The molecule has 3 rings (SSSR count). The third-order valence-corrected chi connectivity index (χ3v) is 4.95. The van der Waals surface area contributed by atoms with Crippen LogP contribution in [0.15, 0.2) is 35.1 Å². The van der Waals surface area contributed by atoms with Crippen molar-refractivity contribution in [1.82, 2.24) is 15.1 Å². The molecule has 134 valence electrons. The summed E-state index contributed by atoms with van der Waals surface area (Å²) in [7, 11) is 0. The lowest BCUT2D eigenvalue weighted by molar-refractivity contribution is 0.230. The summed E-state index contributed by atoms with van der Waals surface area (Å²) in [6, 6.07) is 10.3. The second-order valence-corrected chi connectivity index (χ2v) is 6.71. The van der Waals surface area contributed by atoms with E-state index >= 15 is 0 Å². The number of likely N-dealkylation sites (tertiary alicyclic amines) is 1. The number of aryl methyl sites for hydroxylation is 1. The van der Waals surface area contributed by atoms with Crippen molar-refractivity contribution >= 4 is 0 Å². The average Bonchev–Trinajstić information content (AvgIpc) is 3.04. The molecule has 0 spiro atoms. The van der Waals surface area contributed by atoms with Crippen LogP contribution in [0.2, 0.25) is 0 Å². The fourth-order valence-electron chi connectivity index (χ4n) is 3.45. The van der Waals surface area contributed by atoms with Gasteiger partial charge in [0.15, 0.2) is 0 Å². The van der Waals surface area contributed by atoms with Crippen LogP contribution in [0.25, 0.3) is 11.3 Å². The standard InChI is InChI=1S/C20H27N3O2/c1-3-16-14-19(24)21-22-20(16)17-7-9-18(10-8-17)25-13-5-12-23-11-4-6-15(23)2/h7-10,14-15H,3-6,11-13H2,1-2H3,(H,21,24)/t15-/m1/s1. The topological polar surface area (TPSA) is 58.2 Å². The van der Waals surface area contributed by atoms with E-state index in [1.807, 2.05) is 31.2 Å². The molecule has 1 aromatic heterocycles. The lowest BCUT2D eigenvalue weighted by Gasteiger charge is -2.20. The van der Waals surface area contributed by atoms with E-state index in [1.54, 1.807) is 6.07 Å². The van der Waals surface area contributed by atoms with E-state index in [9.17, 15) is 4.79 Å². The van der Waals surface area contributed by atoms with E-state index in [1.165, 1.54) is 19.4 Å². The van der Waals surface area contributed by atoms with Gasteiger partial charge in [-0.15, -0.1) is 0 Å². The number of hydrogen-bond donors (Lipinski definition) is 1. The molecule has 1 N–H and O–H groups in total. The molecule has 25 heavy (non-hydrogen) atoms. The summed E-state index contributed by atoms with van der Waals surface area (Å²) < 4.78 is 5.86. The Morgan fingerprint density at radius 1 is 1.32 bits per heavy atom. The molecule has 0 amide bonds. The van der Waals surface area contributed by atoms with Crippen LogP contribution in [0.1, 0.15) is 38.7 Å². The number of rotatable bonds is 7. The predicted molar refractivity (Wildman–Crippen MR) is 100 cm³/mol. The SMILES string of the molecule is CCc1cc(=O)[nH]nc1-c1ccc(OCCCN2CCC[C@H]2C)cc1. The summed E-state index contributed by atoms with van der Waals surface area (Å²) in [5, 5.41) is 6.71. The Bertz CT molecular complexity index is 739. The zero-order valence-electron chi connectivity index (χ0n) is 15.1. The fraction of sp³-hybridized carbons (Fsp3) is 0.500. The molecule has 1 aliphatic heterocycles. The van der Waals surface area contributed by atoms with Gasteiger partial charge in [-0.25, -0.2) is 5.10 Å². The molecule has 1 aliphatic rings. The molecular weight excluding hydrogens is 314 g/mol. The van der Waals surface area contributed by atoms with Gasteiger partial charge in [-0.2, -0.15) is 5.10 Å². The normalized spacial score (nSPS) is 17.8. The maximum absolute atomic E-state index is 11.4. The molecule has 2 aromatic rings. The molecule has 0 saturated carbocycles. The van der Waals surface area contributed by atoms with Crippen LogP contribution in [-0.4, -0.2) is 40.8 Å². The summed E-state index contributed by atoms with van der Waals surface area (Å²) in [5.74, 6) is 0.876. The molecule has 5 heteroatoms. The van der Waals surface area contributed by atoms with Gasteiger partial charge in [-0.3, -0.25) is 4.79 Å². The molecule has 0 unspecified atom stereocenters. The summed E-state index contributed by atoms with van der Waals surface area (Å²) in [4.78, 5) is 13.9. The summed E-state index contributed by atoms with van der Waals surface area (Å²) >= 11 is 0. The van der Waals surface area contributed by atoms with Crippen molar-refractivity contribution in [2.45, 2.75) is 45.6 Å². The van der Waals surface area contributed by atoms with E-state index < -0.39 is 0 Å². The molecule has 0 bridgehead atoms. The number of hydrogen-bond acceptors (Lipinski definition) is 4. The van der Waals surface area contributed by atoms with Gasteiger partial charge in [0.1, 0.15) is 5.75 Å². The van der Waals surface area contributed by atoms with Crippen LogP contribution in [-0.2, 0) is 6.42 Å². The highest BCUT2D eigenvalue weighted by Gasteiger charge is 2.19. The summed E-state index contributed by atoms with van der Waals surface area (Å²) in [6.07, 6.45) is 4.47. The first-order chi connectivity index (χ1) is 12.2. The third-order valence-electron chi connectivity index (χ3n) is 4.95. The van der Waals surface area contributed by atoms with Crippen molar-refractivity contribution in [3.05, 3.63) is 46.2 Å². The van der Waals surface area contributed by atoms with E-state index in [4.69, 9.17) is 4.74 Å². The molecular formula is C20H27N3O2. The van der Waals surface area contributed by atoms with E-state index in [2.05, 4.69) is 22.0 Å². The van der Waals surface area contributed by atoms with Crippen LogP contribution >= 0.6 is 0 Å². The summed E-state index contributed by atoms with van der Waals surface area (Å²) in [6.45, 7) is 7.41. The Hall–Kier alpha value is -2.14. The van der Waals surface area contributed by atoms with Gasteiger partial charge in [0, 0.05) is 24.2 Å². The van der Waals surface area contributed by atoms with Crippen molar-refractivity contribution in [3.8, 4) is 17.0 Å². The first-order valence-corrected chi connectivity index (χ1v) is 9.23. The molecule has 5 nitrogen and oxygen atoms in total. The maximum Gasteiger partial charge on any atom is 0.264 e. The van der Waals surface area contributed by atoms with Crippen molar-refractivity contribution in [3.63, 3.8) is 0 Å². The monoisotopic (exact) mass is 341 g/mol. The average molecular weight is 341 g/mol. The van der Waals surface area contributed by atoms with Crippen molar-refractivity contribution in [2.24, 2.45) is 0 Å². The second-order valence-electron chi connectivity index (χ2n) is 6.71. The maximum atomic E-state index is 11.4. The quantitative estimate of drug-likeness (QED) is 0.786. The Balaban J connectivity index is 1.54. The molecule has 1 aromatic carbocycles. The number of nitrogens with zero attached hydrogens (tertiary/aromatic N) is 2. The lowest BCUT2D eigenvalue weighted by Crippen LogP contribution is -2.28. The van der Waals surface area contributed by atoms with Crippen LogP contribution in [0.5, 0.6) is 5.75 Å². The minimum atomic E-state index is -0.159. The Morgan fingerprint density at radius 3 is 2.80 bits per heavy atom. The van der Waals surface area contributed by atoms with Crippen LogP contribution in [0.3, 0.4) is 0 Å². The highest BCUT2D eigenvalue weighted by atomic mass is 16.5. The highest BCUT2D eigenvalue weighted by molar-refractivity contribution is 5.63. The number of ether oxygens (including phenoxy) is 1. The molecule has 2 heterocycles. The minimum absolute atomic E-state index is 0.159. The molecule has 0 aliphatic carbocycles. The number of aromatic amines is 1. The first kappa shape index (κ1) is 17.7. The van der Waals surface area contributed by atoms with Crippen LogP contribution in [0, 0.1) is 0 Å². The molecule has 1 fully saturated rings. The summed E-state index contributed by atoms with van der Waals surface area (Å²) in [5.41, 5.74) is 2.62.